The van der Waals surface area contributed by atoms with Gasteiger partial charge in [0.05, 0.1) is 6.26 Å². The van der Waals surface area contributed by atoms with Crippen LogP contribution in [0, 0.1) is 0 Å². The smallest absolute Gasteiger partial charge is 0.320 e. The molecule has 1 aliphatic rings. The van der Waals surface area contributed by atoms with Crippen LogP contribution >= 0.6 is 0 Å². The molecule has 0 radical (unpaired) electrons. The minimum atomic E-state index is -0.762. The van der Waals surface area contributed by atoms with Crippen molar-refractivity contribution in [2.75, 3.05) is 0 Å². The van der Waals surface area contributed by atoms with E-state index in [0.717, 1.165) is 37.0 Å². The predicted molar refractivity (Wildman–Crippen MR) is 63.9 cm³/mol. The van der Waals surface area contributed by atoms with Crippen molar-refractivity contribution in [1.29, 1.82) is 0 Å². The fourth-order valence-electron chi connectivity index (χ4n) is 2.47. The Bertz CT molecular complexity index is 386. The molecule has 0 aliphatic heterocycles. The van der Waals surface area contributed by atoms with Crippen LogP contribution in [0.15, 0.2) is 16.7 Å². The van der Waals surface area contributed by atoms with E-state index in [9.17, 15) is 4.79 Å². The maximum atomic E-state index is 11.1. The Labute approximate surface area is 101 Å². The van der Waals surface area contributed by atoms with Crippen molar-refractivity contribution in [3.05, 3.63) is 23.7 Å². The molecule has 0 saturated carbocycles. The summed E-state index contributed by atoms with van der Waals surface area (Å²) in [5.41, 5.74) is 1.14. The Morgan fingerprint density at radius 1 is 1.71 bits per heavy atom. The molecule has 0 spiro atoms. The highest BCUT2D eigenvalue weighted by Gasteiger charge is 2.27. The van der Waals surface area contributed by atoms with Crippen LogP contribution in [-0.4, -0.2) is 17.1 Å². The maximum absolute atomic E-state index is 11.1. The lowest BCUT2D eigenvalue weighted by Gasteiger charge is -2.26. The lowest BCUT2D eigenvalue weighted by atomic mass is 9.92. The van der Waals surface area contributed by atoms with Crippen LogP contribution in [0.2, 0.25) is 0 Å². The van der Waals surface area contributed by atoms with Gasteiger partial charge in [-0.3, -0.25) is 10.1 Å². The zero-order valence-electron chi connectivity index (χ0n) is 10.1. The molecule has 1 heterocycles. The number of hydrogen-bond acceptors (Lipinski definition) is 3. The first-order chi connectivity index (χ1) is 8.22. The van der Waals surface area contributed by atoms with Crippen molar-refractivity contribution >= 4 is 5.97 Å². The minimum Gasteiger partial charge on any atom is -0.480 e. The third-order valence-electron chi connectivity index (χ3n) is 3.33. The molecule has 17 heavy (non-hydrogen) atoms. The molecule has 1 aromatic heterocycles. The summed E-state index contributed by atoms with van der Waals surface area (Å²) >= 11 is 0. The van der Waals surface area contributed by atoms with Gasteiger partial charge in [-0.15, -0.1) is 0 Å². The number of carboxylic acid groups (broad SMARTS) is 1. The van der Waals surface area contributed by atoms with Crippen molar-refractivity contribution in [1.82, 2.24) is 5.32 Å². The second-order valence-electron chi connectivity index (χ2n) is 4.59. The lowest BCUT2D eigenvalue weighted by Crippen LogP contribution is -2.40. The standard InChI is InChI=1S/C13H19NO3/c1-2-4-11(13(15)16)14-10-5-3-6-12-9(10)7-8-17-12/h7-8,10-11,14H,2-6H2,1H3,(H,15,16). The third kappa shape index (κ3) is 2.69. The first-order valence-electron chi connectivity index (χ1n) is 6.27. The molecule has 4 heteroatoms. The number of carbonyl (C=O) groups is 1. The Kier molecular flexibility index (Phi) is 3.84. The van der Waals surface area contributed by atoms with Gasteiger partial charge in [0.1, 0.15) is 11.8 Å². The Balaban J connectivity index is 2.07. The second-order valence-corrected chi connectivity index (χ2v) is 4.59. The summed E-state index contributed by atoms with van der Waals surface area (Å²) in [6, 6.07) is 1.63. The molecule has 1 aromatic rings. The average Bonchev–Trinajstić information content (AvgIpc) is 2.77. The van der Waals surface area contributed by atoms with Gasteiger partial charge in [0.15, 0.2) is 0 Å². The molecule has 2 rings (SSSR count). The summed E-state index contributed by atoms with van der Waals surface area (Å²) in [5, 5.41) is 12.4. The fraction of sp³-hybridized carbons (Fsp3) is 0.615. The van der Waals surface area contributed by atoms with E-state index < -0.39 is 12.0 Å². The normalized spacial score (nSPS) is 20.9. The number of furan rings is 1. The molecule has 0 aromatic carbocycles. The molecule has 2 N–H and O–H groups in total. The zero-order chi connectivity index (χ0) is 12.3. The molecular weight excluding hydrogens is 218 g/mol. The van der Waals surface area contributed by atoms with Gasteiger partial charge in [-0.05, 0) is 25.3 Å². The minimum absolute atomic E-state index is 0.130. The van der Waals surface area contributed by atoms with E-state index in [-0.39, 0.29) is 6.04 Å². The third-order valence-corrected chi connectivity index (χ3v) is 3.33. The quantitative estimate of drug-likeness (QED) is 0.826. The van der Waals surface area contributed by atoms with Crippen molar-refractivity contribution in [3.8, 4) is 0 Å². The molecule has 0 amide bonds. The molecule has 4 nitrogen and oxygen atoms in total. The van der Waals surface area contributed by atoms with Gasteiger partial charge in [-0.25, -0.2) is 0 Å². The van der Waals surface area contributed by atoms with Crippen LogP contribution in [0.25, 0.3) is 0 Å². The van der Waals surface area contributed by atoms with E-state index in [0.29, 0.717) is 6.42 Å². The van der Waals surface area contributed by atoms with E-state index in [4.69, 9.17) is 9.52 Å². The first kappa shape index (κ1) is 12.2. The molecule has 1 aliphatic carbocycles. The Morgan fingerprint density at radius 2 is 2.53 bits per heavy atom. The van der Waals surface area contributed by atoms with Crippen molar-refractivity contribution in [2.45, 2.75) is 51.1 Å². The van der Waals surface area contributed by atoms with Crippen LogP contribution in [0.4, 0.5) is 0 Å². The van der Waals surface area contributed by atoms with Crippen LogP contribution in [0.5, 0.6) is 0 Å². The predicted octanol–water partition coefficient (Wildman–Crippen LogP) is 2.50. The van der Waals surface area contributed by atoms with Gasteiger partial charge in [0.2, 0.25) is 0 Å². The highest BCUT2D eigenvalue weighted by molar-refractivity contribution is 5.73. The van der Waals surface area contributed by atoms with Crippen LogP contribution in [0.3, 0.4) is 0 Å². The monoisotopic (exact) mass is 237 g/mol. The van der Waals surface area contributed by atoms with E-state index in [2.05, 4.69) is 5.32 Å². The largest absolute Gasteiger partial charge is 0.480 e. The highest BCUT2D eigenvalue weighted by Crippen LogP contribution is 2.30. The van der Waals surface area contributed by atoms with Crippen LogP contribution in [-0.2, 0) is 11.2 Å². The maximum Gasteiger partial charge on any atom is 0.320 e. The molecule has 94 valence electrons. The number of rotatable bonds is 5. The fourth-order valence-corrected chi connectivity index (χ4v) is 2.47. The number of aliphatic carboxylic acids is 1. The summed E-state index contributed by atoms with van der Waals surface area (Å²) in [7, 11) is 0. The summed E-state index contributed by atoms with van der Waals surface area (Å²) in [6.45, 7) is 2.00. The van der Waals surface area contributed by atoms with Gasteiger partial charge < -0.3 is 9.52 Å². The number of carboxylic acids is 1. The molecule has 2 atom stereocenters. The Morgan fingerprint density at radius 3 is 3.24 bits per heavy atom. The molecule has 0 saturated heterocycles. The topological polar surface area (TPSA) is 62.5 Å². The van der Waals surface area contributed by atoms with E-state index in [1.807, 2.05) is 13.0 Å². The Hall–Kier alpha value is -1.29. The van der Waals surface area contributed by atoms with Gasteiger partial charge in [-0.1, -0.05) is 13.3 Å². The number of hydrogen-bond donors (Lipinski definition) is 2. The van der Waals surface area contributed by atoms with Gasteiger partial charge in [0.25, 0.3) is 0 Å². The second kappa shape index (κ2) is 5.36. The lowest BCUT2D eigenvalue weighted by molar-refractivity contribution is -0.140. The van der Waals surface area contributed by atoms with Crippen molar-refractivity contribution in [2.24, 2.45) is 0 Å². The van der Waals surface area contributed by atoms with Gasteiger partial charge in [0, 0.05) is 18.0 Å². The van der Waals surface area contributed by atoms with Crippen molar-refractivity contribution in [3.63, 3.8) is 0 Å². The molecule has 0 bridgehead atoms. The molecule has 2 unspecified atom stereocenters. The number of fused-ring (bicyclic) bond motifs is 1. The number of aryl methyl sites for hydroxylation is 1. The summed E-state index contributed by atoms with van der Waals surface area (Å²) in [6.07, 6.45) is 6.23. The van der Waals surface area contributed by atoms with E-state index >= 15 is 0 Å². The SMILES string of the molecule is CCCC(NC1CCCc2occc21)C(=O)O. The average molecular weight is 237 g/mol. The van der Waals surface area contributed by atoms with Crippen LogP contribution < -0.4 is 5.32 Å². The molecular formula is C13H19NO3. The van der Waals surface area contributed by atoms with Crippen molar-refractivity contribution < 1.29 is 14.3 Å². The van der Waals surface area contributed by atoms with E-state index in [1.165, 1.54) is 0 Å². The zero-order valence-corrected chi connectivity index (χ0v) is 10.1. The summed E-state index contributed by atoms with van der Waals surface area (Å²) in [5.74, 6) is 0.247. The van der Waals surface area contributed by atoms with Crippen LogP contribution in [0.1, 0.15) is 50.0 Å². The summed E-state index contributed by atoms with van der Waals surface area (Å²) in [4.78, 5) is 11.1. The van der Waals surface area contributed by atoms with E-state index in [1.54, 1.807) is 6.26 Å². The first-order valence-corrected chi connectivity index (χ1v) is 6.27. The van der Waals surface area contributed by atoms with Gasteiger partial charge in [-0.2, -0.15) is 0 Å². The van der Waals surface area contributed by atoms with Gasteiger partial charge >= 0.3 is 5.97 Å². The molecule has 0 fully saturated rings. The number of nitrogens with one attached hydrogen (secondary N) is 1. The highest BCUT2D eigenvalue weighted by atomic mass is 16.4. The summed E-state index contributed by atoms with van der Waals surface area (Å²) < 4.78 is 5.40.